The topological polar surface area (TPSA) is 84.2 Å². The SMILES string of the molecule is COCC1=CCN(C(=O)c2cc(N)n[nH]2)CC1. The summed E-state index contributed by atoms with van der Waals surface area (Å²) < 4.78 is 5.06. The third-order valence-electron chi connectivity index (χ3n) is 2.75. The van der Waals surface area contributed by atoms with E-state index < -0.39 is 0 Å². The number of amides is 1. The van der Waals surface area contributed by atoms with Crippen molar-refractivity contribution in [3.8, 4) is 0 Å². The van der Waals surface area contributed by atoms with Crippen molar-refractivity contribution >= 4 is 11.7 Å². The van der Waals surface area contributed by atoms with E-state index in [0.29, 0.717) is 31.2 Å². The summed E-state index contributed by atoms with van der Waals surface area (Å²) in [6.07, 6.45) is 2.88. The number of anilines is 1. The van der Waals surface area contributed by atoms with Crippen LogP contribution in [0.4, 0.5) is 5.82 Å². The minimum atomic E-state index is -0.0677. The molecule has 6 heteroatoms. The highest BCUT2D eigenvalue weighted by Gasteiger charge is 2.19. The first-order valence-corrected chi connectivity index (χ1v) is 5.47. The lowest BCUT2D eigenvalue weighted by Crippen LogP contribution is -2.35. The van der Waals surface area contributed by atoms with E-state index >= 15 is 0 Å². The Morgan fingerprint density at radius 3 is 3.06 bits per heavy atom. The molecule has 0 aliphatic carbocycles. The molecule has 3 N–H and O–H groups in total. The molecule has 0 radical (unpaired) electrons. The van der Waals surface area contributed by atoms with E-state index in [4.69, 9.17) is 10.5 Å². The Bertz CT molecular complexity index is 438. The normalized spacial score (nSPS) is 15.8. The van der Waals surface area contributed by atoms with Gasteiger partial charge >= 0.3 is 0 Å². The Labute approximate surface area is 99.4 Å². The molecule has 17 heavy (non-hydrogen) atoms. The summed E-state index contributed by atoms with van der Waals surface area (Å²) >= 11 is 0. The average molecular weight is 236 g/mol. The van der Waals surface area contributed by atoms with Crippen molar-refractivity contribution in [2.75, 3.05) is 32.5 Å². The number of rotatable bonds is 3. The molecule has 0 bridgehead atoms. The number of H-pyrrole nitrogens is 1. The van der Waals surface area contributed by atoms with Gasteiger partial charge in [-0.05, 0) is 12.0 Å². The van der Waals surface area contributed by atoms with Crippen LogP contribution >= 0.6 is 0 Å². The smallest absolute Gasteiger partial charge is 0.272 e. The second kappa shape index (κ2) is 5.01. The number of carbonyl (C=O) groups excluding carboxylic acids is 1. The van der Waals surface area contributed by atoms with Crippen molar-refractivity contribution < 1.29 is 9.53 Å². The molecule has 0 fully saturated rings. The molecular formula is C11H16N4O2. The molecule has 92 valence electrons. The number of ether oxygens (including phenoxy) is 1. The first-order chi connectivity index (χ1) is 8.20. The van der Waals surface area contributed by atoms with Gasteiger partial charge in [-0.15, -0.1) is 0 Å². The number of aromatic nitrogens is 2. The minimum absolute atomic E-state index is 0.0677. The second-order valence-electron chi connectivity index (χ2n) is 4.00. The summed E-state index contributed by atoms with van der Waals surface area (Å²) in [4.78, 5) is 13.8. The van der Waals surface area contributed by atoms with Crippen LogP contribution in [-0.2, 0) is 4.74 Å². The van der Waals surface area contributed by atoms with Crippen LogP contribution in [0.1, 0.15) is 16.9 Å². The Hall–Kier alpha value is -1.82. The number of methoxy groups -OCH3 is 1. The summed E-state index contributed by atoms with van der Waals surface area (Å²) in [7, 11) is 1.67. The third kappa shape index (κ3) is 2.65. The lowest BCUT2D eigenvalue weighted by molar-refractivity contribution is 0.0759. The lowest BCUT2D eigenvalue weighted by atomic mass is 10.1. The maximum Gasteiger partial charge on any atom is 0.272 e. The number of nitrogens with one attached hydrogen (secondary N) is 1. The zero-order valence-electron chi connectivity index (χ0n) is 9.77. The average Bonchev–Trinajstić information content (AvgIpc) is 2.76. The van der Waals surface area contributed by atoms with E-state index in [1.807, 2.05) is 6.08 Å². The predicted molar refractivity (Wildman–Crippen MR) is 63.5 cm³/mol. The first kappa shape index (κ1) is 11.7. The van der Waals surface area contributed by atoms with E-state index in [-0.39, 0.29) is 5.91 Å². The van der Waals surface area contributed by atoms with Gasteiger partial charge in [0.05, 0.1) is 6.61 Å². The van der Waals surface area contributed by atoms with Crippen LogP contribution in [0.2, 0.25) is 0 Å². The van der Waals surface area contributed by atoms with Crippen LogP contribution < -0.4 is 5.73 Å². The molecule has 1 aliphatic rings. The van der Waals surface area contributed by atoms with Crippen molar-refractivity contribution in [3.63, 3.8) is 0 Å². The standard InChI is InChI=1S/C11H16N4O2/c1-17-7-8-2-4-15(5-3-8)11(16)9-6-10(12)14-13-9/h2,6H,3-5,7H2,1H3,(H3,12,13,14). The zero-order valence-corrected chi connectivity index (χ0v) is 9.77. The van der Waals surface area contributed by atoms with Crippen LogP contribution in [-0.4, -0.2) is 47.8 Å². The fourth-order valence-electron chi connectivity index (χ4n) is 1.83. The molecule has 0 saturated carbocycles. The van der Waals surface area contributed by atoms with Gasteiger partial charge in [0, 0.05) is 26.3 Å². The van der Waals surface area contributed by atoms with Gasteiger partial charge in [0.25, 0.3) is 5.91 Å². The predicted octanol–water partition coefficient (Wildman–Crippen LogP) is 0.411. The number of nitrogen functional groups attached to an aromatic ring is 1. The molecule has 0 unspecified atom stereocenters. The number of nitrogens with two attached hydrogens (primary N) is 1. The van der Waals surface area contributed by atoms with Gasteiger partial charge in [0.1, 0.15) is 11.5 Å². The lowest BCUT2D eigenvalue weighted by Gasteiger charge is -2.25. The van der Waals surface area contributed by atoms with Crippen LogP contribution in [0.15, 0.2) is 17.7 Å². The van der Waals surface area contributed by atoms with E-state index in [0.717, 1.165) is 6.42 Å². The van der Waals surface area contributed by atoms with Crippen LogP contribution in [0, 0.1) is 0 Å². The largest absolute Gasteiger partial charge is 0.382 e. The van der Waals surface area contributed by atoms with E-state index in [1.54, 1.807) is 18.1 Å². The summed E-state index contributed by atoms with van der Waals surface area (Å²) in [5.74, 6) is 0.267. The molecule has 0 aromatic carbocycles. The van der Waals surface area contributed by atoms with Crippen molar-refractivity contribution in [2.24, 2.45) is 0 Å². The number of hydrogen-bond donors (Lipinski definition) is 2. The first-order valence-electron chi connectivity index (χ1n) is 5.47. The molecule has 1 aliphatic heterocycles. The van der Waals surface area contributed by atoms with Crippen LogP contribution in [0.5, 0.6) is 0 Å². The number of nitrogens with zero attached hydrogens (tertiary/aromatic N) is 2. The number of hydrogen-bond acceptors (Lipinski definition) is 4. The molecule has 0 atom stereocenters. The van der Waals surface area contributed by atoms with Gasteiger partial charge in [0.2, 0.25) is 0 Å². The zero-order chi connectivity index (χ0) is 12.3. The molecule has 2 heterocycles. The van der Waals surface area contributed by atoms with Gasteiger partial charge in [0.15, 0.2) is 0 Å². The van der Waals surface area contributed by atoms with Crippen LogP contribution in [0.3, 0.4) is 0 Å². The summed E-state index contributed by atoms with van der Waals surface area (Å²) in [5, 5.41) is 6.37. The molecule has 0 saturated heterocycles. The fourth-order valence-corrected chi connectivity index (χ4v) is 1.83. The van der Waals surface area contributed by atoms with Gasteiger partial charge in [-0.3, -0.25) is 9.89 Å². The van der Waals surface area contributed by atoms with Crippen molar-refractivity contribution in [2.45, 2.75) is 6.42 Å². The van der Waals surface area contributed by atoms with E-state index in [9.17, 15) is 4.79 Å². The van der Waals surface area contributed by atoms with Crippen molar-refractivity contribution in [1.82, 2.24) is 15.1 Å². The fraction of sp³-hybridized carbons (Fsp3) is 0.455. The monoisotopic (exact) mass is 236 g/mol. The molecule has 0 spiro atoms. The Kier molecular flexibility index (Phi) is 3.43. The molecule has 6 nitrogen and oxygen atoms in total. The van der Waals surface area contributed by atoms with Gasteiger partial charge in [-0.2, -0.15) is 5.10 Å². The molecular weight excluding hydrogens is 220 g/mol. The van der Waals surface area contributed by atoms with Crippen molar-refractivity contribution in [3.05, 3.63) is 23.4 Å². The maximum absolute atomic E-state index is 12.0. The van der Waals surface area contributed by atoms with E-state index in [1.165, 1.54) is 5.57 Å². The van der Waals surface area contributed by atoms with Gasteiger partial charge in [-0.1, -0.05) is 6.08 Å². The summed E-state index contributed by atoms with van der Waals surface area (Å²) in [6, 6.07) is 1.55. The molecule has 1 aromatic rings. The molecule has 1 amide bonds. The second-order valence-corrected chi connectivity index (χ2v) is 4.00. The molecule has 2 rings (SSSR count). The molecule has 1 aromatic heterocycles. The number of carbonyl (C=O) groups is 1. The maximum atomic E-state index is 12.0. The highest BCUT2D eigenvalue weighted by Crippen LogP contribution is 2.13. The highest BCUT2D eigenvalue weighted by molar-refractivity contribution is 5.93. The van der Waals surface area contributed by atoms with E-state index in [2.05, 4.69) is 10.2 Å². The third-order valence-corrected chi connectivity index (χ3v) is 2.75. The summed E-state index contributed by atoms with van der Waals surface area (Å²) in [6.45, 7) is 1.95. The quantitative estimate of drug-likeness (QED) is 0.744. The Morgan fingerprint density at radius 1 is 1.71 bits per heavy atom. The van der Waals surface area contributed by atoms with Gasteiger partial charge < -0.3 is 15.4 Å². The Balaban J connectivity index is 1.99. The Morgan fingerprint density at radius 2 is 2.53 bits per heavy atom. The van der Waals surface area contributed by atoms with Gasteiger partial charge in [-0.25, -0.2) is 0 Å². The highest BCUT2D eigenvalue weighted by atomic mass is 16.5. The minimum Gasteiger partial charge on any atom is -0.382 e. The van der Waals surface area contributed by atoms with Crippen LogP contribution in [0.25, 0.3) is 0 Å². The summed E-state index contributed by atoms with van der Waals surface area (Å²) in [5.41, 5.74) is 7.14. The van der Waals surface area contributed by atoms with Crippen molar-refractivity contribution in [1.29, 1.82) is 0 Å². The number of aromatic amines is 1.